The number of nitrogens with zero attached hydrogens (tertiary/aromatic N) is 1. The lowest BCUT2D eigenvalue weighted by Gasteiger charge is -2.17. The van der Waals surface area contributed by atoms with E-state index < -0.39 is 5.41 Å². The van der Waals surface area contributed by atoms with E-state index in [9.17, 15) is 4.79 Å². The zero-order chi connectivity index (χ0) is 10.1. The minimum absolute atomic E-state index is 0.328. The molecule has 0 saturated carbocycles. The van der Waals surface area contributed by atoms with Gasteiger partial charge in [0.15, 0.2) is 0 Å². The van der Waals surface area contributed by atoms with Gasteiger partial charge in [-0.25, -0.2) is 4.98 Å². The summed E-state index contributed by atoms with van der Waals surface area (Å²) in [5, 5.41) is 0. The van der Waals surface area contributed by atoms with E-state index in [-0.39, 0.29) is 5.91 Å². The lowest BCUT2D eigenvalue weighted by molar-refractivity contribution is -0.122. The number of imidazole rings is 1. The molecule has 0 aliphatic carbocycles. The highest BCUT2D eigenvalue weighted by atomic mass is 16.1. The van der Waals surface area contributed by atoms with Crippen LogP contribution in [0, 0.1) is 0 Å². The number of nitrogens with two attached hydrogens (primary N) is 2. The number of H-pyrrole nitrogens is 1. The minimum atomic E-state index is -0.722. The van der Waals surface area contributed by atoms with Crippen molar-refractivity contribution in [1.29, 1.82) is 0 Å². The van der Waals surface area contributed by atoms with Gasteiger partial charge in [-0.3, -0.25) is 4.79 Å². The van der Waals surface area contributed by atoms with Crippen LogP contribution in [-0.2, 0) is 16.8 Å². The Hall–Kier alpha value is -1.36. The summed E-state index contributed by atoms with van der Waals surface area (Å²) in [5.41, 5.74) is 10.6. The maximum absolute atomic E-state index is 11.1. The van der Waals surface area contributed by atoms with E-state index in [1.54, 1.807) is 20.0 Å². The van der Waals surface area contributed by atoms with Crippen molar-refractivity contribution in [2.45, 2.75) is 25.8 Å². The predicted octanol–water partition coefficient (Wildman–Crippen LogP) is -0.369. The molecule has 5 heteroatoms. The Labute approximate surface area is 76.5 Å². The second-order valence-corrected chi connectivity index (χ2v) is 3.44. The third-order valence-corrected chi connectivity index (χ3v) is 2.11. The molecule has 0 aromatic carbocycles. The Morgan fingerprint density at radius 1 is 1.69 bits per heavy atom. The van der Waals surface area contributed by atoms with E-state index in [0.717, 1.165) is 0 Å². The molecule has 1 heterocycles. The number of hydrogen-bond donors (Lipinski definition) is 3. The third kappa shape index (κ3) is 1.70. The molecule has 13 heavy (non-hydrogen) atoms. The molecule has 0 aliphatic rings. The molecular weight excluding hydrogens is 168 g/mol. The first-order valence-corrected chi connectivity index (χ1v) is 4.03. The average molecular weight is 182 g/mol. The highest BCUT2D eigenvalue weighted by Gasteiger charge is 2.29. The maximum atomic E-state index is 11.1. The molecule has 0 fully saturated rings. The van der Waals surface area contributed by atoms with Crippen molar-refractivity contribution in [3.05, 3.63) is 17.7 Å². The van der Waals surface area contributed by atoms with E-state index in [4.69, 9.17) is 11.5 Å². The topological polar surface area (TPSA) is 97.8 Å². The summed E-state index contributed by atoms with van der Waals surface area (Å²) < 4.78 is 0. The summed E-state index contributed by atoms with van der Waals surface area (Å²) in [5.74, 6) is 0.268. The second-order valence-electron chi connectivity index (χ2n) is 3.44. The first-order valence-electron chi connectivity index (χ1n) is 4.03. The molecule has 0 atom stereocenters. The van der Waals surface area contributed by atoms with E-state index >= 15 is 0 Å². The average Bonchev–Trinajstić information content (AvgIpc) is 2.51. The molecule has 0 aliphatic heterocycles. The number of primary amides is 1. The lowest BCUT2D eigenvalue weighted by atomic mass is 9.89. The highest BCUT2D eigenvalue weighted by molar-refractivity contribution is 5.85. The molecule has 0 radical (unpaired) electrons. The SMILES string of the molecule is CC(C)(C(N)=O)c1cnc(CN)[nH]1. The largest absolute Gasteiger partial charge is 0.369 e. The number of aromatic amines is 1. The summed E-state index contributed by atoms with van der Waals surface area (Å²) in [7, 11) is 0. The van der Waals surface area contributed by atoms with Crippen LogP contribution in [0.15, 0.2) is 6.20 Å². The number of amides is 1. The van der Waals surface area contributed by atoms with Crippen LogP contribution in [0.5, 0.6) is 0 Å². The summed E-state index contributed by atoms with van der Waals surface area (Å²) in [6.45, 7) is 3.81. The summed E-state index contributed by atoms with van der Waals surface area (Å²) >= 11 is 0. The first-order chi connectivity index (χ1) is 5.98. The van der Waals surface area contributed by atoms with Gasteiger partial charge in [0.2, 0.25) is 5.91 Å². The Morgan fingerprint density at radius 3 is 2.69 bits per heavy atom. The zero-order valence-electron chi connectivity index (χ0n) is 7.79. The minimum Gasteiger partial charge on any atom is -0.369 e. The quantitative estimate of drug-likeness (QED) is 0.595. The zero-order valence-corrected chi connectivity index (χ0v) is 7.79. The van der Waals surface area contributed by atoms with Gasteiger partial charge in [0, 0.05) is 11.9 Å². The molecule has 1 rings (SSSR count). The molecule has 0 bridgehead atoms. The van der Waals surface area contributed by atoms with Gasteiger partial charge in [-0.2, -0.15) is 0 Å². The summed E-state index contributed by atoms with van der Waals surface area (Å²) in [4.78, 5) is 18.0. The lowest BCUT2D eigenvalue weighted by Crippen LogP contribution is -2.35. The fraction of sp³-hybridized carbons (Fsp3) is 0.500. The van der Waals surface area contributed by atoms with E-state index in [0.29, 0.717) is 18.1 Å². The number of nitrogens with one attached hydrogen (secondary N) is 1. The number of carbonyl (C=O) groups excluding carboxylic acids is 1. The molecule has 1 aromatic heterocycles. The van der Waals surface area contributed by atoms with E-state index in [1.807, 2.05) is 0 Å². The van der Waals surface area contributed by atoms with Crippen LogP contribution in [0.1, 0.15) is 25.4 Å². The van der Waals surface area contributed by atoms with Crippen molar-refractivity contribution in [3.8, 4) is 0 Å². The van der Waals surface area contributed by atoms with Crippen LogP contribution in [0.2, 0.25) is 0 Å². The molecular formula is C8H14N4O. The van der Waals surface area contributed by atoms with Crippen LogP contribution in [0.4, 0.5) is 0 Å². The van der Waals surface area contributed by atoms with Crippen LogP contribution in [-0.4, -0.2) is 15.9 Å². The van der Waals surface area contributed by atoms with Crippen molar-refractivity contribution in [1.82, 2.24) is 9.97 Å². The van der Waals surface area contributed by atoms with Gasteiger partial charge >= 0.3 is 0 Å². The Bertz CT molecular complexity index is 316. The van der Waals surface area contributed by atoms with Gasteiger partial charge in [0.25, 0.3) is 0 Å². The molecule has 0 saturated heterocycles. The van der Waals surface area contributed by atoms with Crippen LogP contribution >= 0.6 is 0 Å². The third-order valence-electron chi connectivity index (χ3n) is 2.11. The van der Waals surface area contributed by atoms with Gasteiger partial charge < -0.3 is 16.5 Å². The molecule has 1 amide bonds. The number of aromatic nitrogens is 2. The monoisotopic (exact) mass is 182 g/mol. The van der Waals surface area contributed by atoms with Gasteiger partial charge in [0.1, 0.15) is 5.82 Å². The van der Waals surface area contributed by atoms with E-state index in [2.05, 4.69) is 9.97 Å². The van der Waals surface area contributed by atoms with Gasteiger partial charge in [-0.05, 0) is 13.8 Å². The maximum Gasteiger partial charge on any atom is 0.229 e. The molecule has 1 aromatic rings. The fourth-order valence-electron chi connectivity index (χ4n) is 0.917. The van der Waals surface area contributed by atoms with Gasteiger partial charge in [-0.15, -0.1) is 0 Å². The standard InChI is InChI=1S/C8H14N4O/c1-8(2,7(10)13)5-4-11-6(3-9)12-5/h4H,3,9H2,1-2H3,(H2,10,13)(H,11,12). The molecule has 0 unspecified atom stereocenters. The Kier molecular flexibility index (Phi) is 2.38. The fourth-order valence-corrected chi connectivity index (χ4v) is 0.917. The van der Waals surface area contributed by atoms with Crippen molar-refractivity contribution in [2.24, 2.45) is 11.5 Å². The number of rotatable bonds is 3. The van der Waals surface area contributed by atoms with Crippen LogP contribution < -0.4 is 11.5 Å². The van der Waals surface area contributed by atoms with Crippen molar-refractivity contribution in [2.75, 3.05) is 0 Å². The smallest absolute Gasteiger partial charge is 0.229 e. The van der Waals surface area contributed by atoms with Crippen molar-refractivity contribution >= 4 is 5.91 Å². The normalized spacial score (nSPS) is 11.6. The summed E-state index contributed by atoms with van der Waals surface area (Å²) in [6.07, 6.45) is 1.59. The summed E-state index contributed by atoms with van der Waals surface area (Å²) in [6, 6.07) is 0. The van der Waals surface area contributed by atoms with E-state index in [1.165, 1.54) is 0 Å². The van der Waals surface area contributed by atoms with Crippen molar-refractivity contribution in [3.63, 3.8) is 0 Å². The highest BCUT2D eigenvalue weighted by Crippen LogP contribution is 2.20. The number of hydrogen-bond acceptors (Lipinski definition) is 3. The molecule has 5 N–H and O–H groups in total. The molecule has 72 valence electrons. The first kappa shape index (κ1) is 9.73. The van der Waals surface area contributed by atoms with Crippen LogP contribution in [0.3, 0.4) is 0 Å². The molecule has 0 spiro atoms. The Balaban J connectivity index is 3.00. The second kappa shape index (κ2) is 3.18. The molecule has 5 nitrogen and oxygen atoms in total. The van der Waals surface area contributed by atoms with Gasteiger partial charge in [0.05, 0.1) is 12.0 Å². The van der Waals surface area contributed by atoms with Crippen LogP contribution in [0.25, 0.3) is 0 Å². The predicted molar refractivity (Wildman–Crippen MR) is 48.7 cm³/mol. The number of carbonyl (C=O) groups is 1. The van der Waals surface area contributed by atoms with Crippen molar-refractivity contribution < 1.29 is 4.79 Å². The Morgan fingerprint density at radius 2 is 2.31 bits per heavy atom. The van der Waals surface area contributed by atoms with Gasteiger partial charge in [-0.1, -0.05) is 0 Å².